The predicted octanol–water partition coefficient (Wildman–Crippen LogP) is 6.18. The maximum absolute atomic E-state index is 15.8. The van der Waals surface area contributed by atoms with E-state index in [4.69, 9.17) is 4.74 Å². The van der Waals surface area contributed by atoms with Crippen LogP contribution in [0.1, 0.15) is 31.5 Å². The molecule has 1 aliphatic heterocycles. The van der Waals surface area contributed by atoms with Gasteiger partial charge in [-0.05, 0) is 43.2 Å². The lowest BCUT2D eigenvalue weighted by Crippen LogP contribution is -2.59. The molecule has 6 rings (SSSR count). The van der Waals surface area contributed by atoms with Crippen molar-refractivity contribution in [2.24, 2.45) is 17.8 Å². The number of hydrogen-bond donors (Lipinski definition) is 1. The molecule has 5 atom stereocenters. The molecular formula is C33H30F2N6O2. The molecule has 1 aliphatic carbocycles. The zero-order chi connectivity index (χ0) is 30.4. The smallest absolute Gasteiger partial charge is 0.335 e. The van der Waals surface area contributed by atoms with E-state index in [1.54, 1.807) is 49.7 Å². The lowest BCUT2D eigenvalue weighted by atomic mass is 9.60. The first kappa shape index (κ1) is 28.2. The highest BCUT2D eigenvalue weighted by Crippen LogP contribution is 2.58. The SMILES string of the molecule is CNc1ccc(-c2cn([C@@]34CC(F)(F)C(C)[C@H](/C=C/c5ccc(-c6ccccc6C#N)cn5)C3[C@@H](C)OC4=O)nn2)cc1. The Kier molecular flexibility index (Phi) is 7.04. The van der Waals surface area contributed by atoms with Crippen molar-refractivity contribution < 1.29 is 18.3 Å². The molecule has 2 aromatic heterocycles. The number of anilines is 1. The number of fused-ring (bicyclic) bond motifs is 1. The number of nitrogens with zero attached hydrogens (tertiary/aromatic N) is 5. The fourth-order valence-electron chi connectivity index (χ4n) is 6.52. The Labute approximate surface area is 248 Å². The monoisotopic (exact) mass is 580 g/mol. The van der Waals surface area contributed by atoms with Gasteiger partial charge in [0.1, 0.15) is 11.8 Å². The molecule has 43 heavy (non-hydrogen) atoms. The van der Waals surface area contributed by atoms with Crippen LogP contribution in [0.25, 0.3) is 28.5 Å². The first-order valence-electron chi connectivity index (χ1n) is 14.1. The molecule has 0 spiro atoms. The van der Waals surface area contributed by atoms with E-state index in [9.17, 15) is 10.1 Å². The number of allylic oxidation sites excluding steroid dienone is 1. The van der Waals surface area contributed by atoms with Gasteiger partial charge in [-0.3, -0.25) is 4.98 Å². The third-order valence-electron chi connectivity index (χ3n) is 8.87. The second-order valence-corrected chi connectivity index (χ2v) is 11.2. The van der Waals surface area contributed by atoms with Crippen LogP contribution in [0.15, 0.2) is 79.1 Å². The van der Waals surface area contributed by atoms with Crippen molar-refractivity contribution in [1.82, 2.24) is 20.0 Å². The van der Waals surface area contributed by atoms with Gasteiger partial charge in [0.05, 0.1) is 23.5 Å². The van der Waals surface area contributed by atoms with Crippen LogP contribution >= 0.6 is 0 Å². The van der Waals surface area contributed by atoms with E-state index in [2.05, 4.69) is 26.7 Å². The van der Waals surface area contributed by atoms with Crippen molar-refractivity contribution in [3.8, 4) is 28.5 Å². The average Bonchev–Trinajstić information content (AvgIpc) is 3.61. The number of ether oxygens (including phenoxy) is 1. The summed E-state index contributed by atoms with van der Waals surface area (Å²) < 4.78 is 38.6. The molecule has 10 heteroatoms. The molecule has 4 aromatic rings. The molecule has 1 saturated carbocycles. The summed E-state index contributed by atoms with van der Waals surface area (Å²) in [5.74, 6) is -6.33. The van der Waals surface area contributed by atoms with Gasteiger partial charge >= 0.3 is 5.97 Å². The standard InChI is InChI=1S/C33H30F2N6O2/c1-20-27(15-14-26-13-10-24(17-38-26)28-7-5-4-6-23(28)16-36)30-21(2)43-31(42)32(30,19-33(20,34)35)41-18-29(39-40-41)22-8-11-25(37-3)12-9-22/h4-15,17-18,20-21,27,30,37H,19H2,1-3H3/b15-14+/t20?,21-,27+,30?,32+/m1/s1. The van der Waals surface area contributed by atoms with Crippen LogP contribution in [0.5, 0.6) is 0 Å². The van der Waals surface area contributed by atoms with E-state index in [-0.39, 0.29) is 0 Å². The first-order chi connectivity index (χ1) is 20.7. The third kappa shape index (κ3) is 4.75. The van der Waals surface area contributed by atoms with Crippen molar-refractivity contribution in [2.75, 3.05) is 12.4 Å². The minimum Gasteiger partial charge on any atom is -0.460 e. The van der Waals surface area contributed by atoms with Gasteiger partial charge in [0, 0.05) is 53.9 Å². The van der Waals surface area contributed by atoms with Gasteiger partial charge in [0.2, 0.25) is 0 Å². The minimum absolute atomic E-state index is 0.472. The number of carbonyl (C=O) groups excluding carboxylic acids is 1. The van der Waals surface area contributed by atoms with Gasteiger partial charge < -0.3 is 10.1 Å². The molecule has 1 N–H and O–H groups in total. The Balaban J connectivity index is 1.35. The van der Waals surface area contributed by atoms with Gasteiger partial charge in [-0.1, -0.05) is 54.6 Å². The quantitative estimate of drug-likeness (QED) is 0.272. The van der Waals surface area contributed by atoms with Crippen molar-refractivity contribution >= 4 is 17.7 Å². The van der Waals surface area contributed by atoms with Crippen LogP contribution < -0.4 is 5.32 Å². The molecule has 0 amide bonds. The van der Waals surface area contributed by atoms with Crippen LogP contribution in [-0.2, 0) is 15.1 Å². The maximum Gasteiger partial charge on any atom is 0.335 e. The average molecular weight is 581 g/mol. The molecule has 0 radical (unpaired) electrons. The second-order valence-electron chi connectivity index (χ2n) is 11.2. The summed E-state index contributed by atoms with van der Waals surface area (Å²) in [6.45, 7) is 3.26. The number of nitriles is 1. The number of benzene rings is 2. The summed E-state index contributed by atoms with van der Waals surface area (Å²) in [6, 6.07) is 20.5. The largest absolute Gasteiger partial charge is 0.460 e. The van der Waals surface area contributed by atoms with E-state index in [1.165, 1.54) is 11.6 Å². The van der Waals surface area contributed by atoms with Crippen molar-refractivity contribution in [3.05, 3.63) is 90.4 Å². The van der Waals surface area contributed by atoms with Gasteiger partial charge in [-0.2, -0.15) is 5.26 Å². The zero-order valence-electron chi connectivity index (χ0n) is 23.9. The topological polar surface area (TPSA) is 106 Å². The van der Waals surface area contributed by atoms with Crippen molar-refractivity contribution in [2.45, 2.75) is 37.8 Å². The lowest BCUT2D eigenvalue weighted by Gasteiger charge is -2.47. The van der Waals surface area contributed by atoms with Gasteiger partial charge in [0.15, 0.2) is 5.54 Å². The minimum atomic E-state index is -3.19. The number of alkyl halides is 2. The highest BCUT2D eigenvalue weighted by molar-refractivity contribution is 5.82. The third-order valence-corrected chi connectivity index (χ3v) is 8.87. The number of carbonyl (C=O) groups is 1. The Bertz CT molecular complexity index is 1730. The van der Waals surface area contributed by atoms with E-state index < -0.39 is 47.7 Å². The Morgan fingerprint density at radius 3 is 2.53 bits per heavy atom. The summed E-state index contributed by atoms with van der Waals surface area (Å²) in [5.41, 5.74) is 3.05. The second kappa shape index (κ2) is 10.7. The summed E-state index contributed by atoms with van der Waals surface area (Å²) >= 11 is 0. The fraction of sp³-hybridized carbons (Fsp3) is 0.303. The highest BCUT2D eigenvalue weighted by atomic mass is 19.3. The summed E-state index contributed by atoms with van der Waals surface area (Å²) in [6.07, 6.45) is 5.29. The molecule has 0 bridgehead atoms. The molecule has 1 saturated heterocycles. The van der Waals surface area contributed by atoms with Crippen molar-refractivity contribution in [3.63, 3.8) is 0 Å². The van der Waals surface area contributed by atoms with E-state index in [0.29, 0.717) is 17.0 Å². The van der Waals surface area contributed by atoms with Crippen LogP contribution in [0.4, 0.5) is 14.5 Å². The summed E-state index contributed by atoms with van der Waals surface area (Å²) in [4.78, 5) is 18.0. The Hall–Kier alpha value is -4.91. The number of nitrogens with one attached hydrogen (secondary N) is 1. The number of rotatable bonds is 6. The number of cyclic esters (lactones) is 1. The molecule has 2 unspecified atom stereocenters. The van der Waals surface area contributed by atoms with E-state index in [0.717, 1.165) is 22.4 Å². The summed E-state index contributed by atoms with van der Waals surface area (Å²) in [5, 5.41) is 21.0. The summed E-state index contributed by atoms with van der Waals surface area (Å²) in [7, 11) is 1.81. The number of halogens is 2. The van der Waals surface area contributed by atoms with Crippen molar-refractivity contribution in [1.29, 1.82) is 5.26 Å². The number of aromatic nitrogens is 4. The zero-order valence-corrected chi connectivity index (χ0v) is 23.9. The lowest BCUT2D eigenvalue weighted by molar-refractivity contribution is -0.169. The van der Waals surface area contributed by atoms with E-state index in [1.807, 2.05) is 49.5 Å². The molecule has 218 valence electrons. The molecule has 2 aliphatic rings. The fourth-order valence-corrected chi connectivity index (χ4v) is 6.52. The maximum atomic E-state index is 15.8. The number of pyridine rings is 1. The highest BCUT2D eigenvalue weighted by Gasteiger charge is 2.69. The van der Waals surface area contributed by atoms with Gasteiger partial charge in [0.25, 0.3) is 5.92 Å². The normalized spacial score (nSPS) is 26.1. The number of esters is 1. The first-order valence-corrected chi connectivity index (χ1v) is 14.1. The molecule has 3 heterocycles. The van der Waals surface area contributed by atoms with Crippen LogP contribution in [0, 0.1) is 29.1 Å². The molecule has 2 aromatic carbocycles. The molecular weight excluding hydrogens is 550 g/mol. The van der Waals surface area contributed by atoms with E-state index >= 15 is 8.78 Å². The Morgan fingerprint density at radius 2 is 1.84 bits per heavy atom. The van der Waals surface area contributed by atoms with Crippen LogP contribution in [0.3, 0.4) is 0 Å². The van der Waals surface area contributed by atoms with Crippen LogP contribution in [0.2, 0.25) is 0 Å². The number of hydrogen-bond acceptors (Lipinski definition) is 7. The predicted molar refractivity (Wildman–Crippen MR) is 158 cm³/mol. The van der Waals surface area contributed by atoms with Gasteiger partial charge in [-0.25, -0.2) is 18.3 Å². The molecule has 8 nitrogen and oxygen atoms in total. The Morgan fingerprint density at radius 1 is 1.09 bits per heavy atom. The molecule has 2 fully saturated rings. The van der Waals surface area contributed by atoms with Gasteiger partial charge in [-0.15, -0.1) is 5.10 Å². The van der Waals surface area contributed by atoms with Crippen LogP contribution in [-0.4, -0.2) is 45.0 Å².